The Bertz CT molecular complexity index is 596. The Balaban J connectivity index is 2.35. The SMILES string of the molecule is Cc1nc2c(-c3cscn3)cccc2s1. The molecule has 0 bridgehead atoms. The third kappa shape index (κ3) is 1.46. The highest BCUT2D eigenvalue weighted by atomic mass is 32.1. The zero-order valence-corrected chi connectivity index (χ0v) is 9.73. The fourth-order valence-electron chi connectivity index (χ4n) is 1.61. The van der Waals surface area contributed by atoms with Gasteiger partial charge < -0.3 is 0 Å². The van der Waals surface area contributed by atoms with Crippen LogP contribution < -0.4 is 0 Å². The maximum atomic E-state index is 4.55. The van der Waals surface area contributed by atoms with Crippen LogP contribution in [-0.4, -0.2) is 9.97 Å². The smallest absolute Gasteiger partial charge is 0.0909 e. The summed E-state index contributed by atoms with van der Waals surface area (Å²) in [4.78, 5) is 8.88. The van der Waals surface area contributed by atoms with Crippen LogP contribution >= 0.6 is 22.7 Å². The van der Waals surface area contributed by atoms with E-state index in [2.05, 4.69) is 33.5 Å². The molecule has 0 fully saturated rings. The van der Waals surface area contributed by atoms with E-state index in [1.54, 1.807) is 22.7 Å². The monoisotopic (exact) mass is 232 g/mol. The molecule has 0 saturated heterocycles. The molecular formula is C11H8N2S2. The molecule has 2 nitrogen and oxygen atoms in total. The van der Waals surface area contributed by atoms with Gasteiger partial charge in [-0.05, 0) is 13.0 Å². The van der Waals surface area contributed by atoms with Crippen molar-refractivity contribution in [2.75, 3.05) is 0 Å². The van der Waals surface area contributed by atoms with Gasteiger partial charge >= 0.3 is 0 Å². The van der Waals surface area contributed by atoms with Crippen molar-refractivity contribution in [3.05, 3.63) is 34.1 Å². The van der Waals surface area contributed by atoms with Gasteiger partial charge in [0.1, 0.15) is 0 Å². The number of para-hydroxylation sites is 1. The summed E-state index contributed by atoms with van der Waals surface area (Å²) in [6.07, 6.45) is 0. The molecule has 74 valence electrons. The summed E-state index contributed by atoms with van der Waals surface area (Å²) in [7, 11) is 0. The Morgan fingerprint density at radius 3 is 3.00 bits per heavy atom. The van der Waals surface area contributed by atoms with Crippen LogP contribution in [0, 0.1) is 6.92 Å². The van der Waals surface area contributed by atoms with Crippen molar-refractivity contribution < 1.29 is 0 Å². The van der Waals surface area contributed by atoms with Crippen molar-refractivity contribution >= 4 is 32.9 Å². The molecule has 15 heavy (non-hydrogen) atoms. The van der Waals surface area contributed by atoms with Crippen molar-refractivity contribution in [3.63, 3.8) is 0 Å². The average molecular weight is 232 g/mol. The summed E-state index contributed by atoms with van der Waals surface area (Å²) in [5.74, 6) is 0. The Hall–Kier alpha value is -1.26. The fraction of sp³-hybridized carbons (Fsp3) is 0.0909. The molecule has 0 N–H and O–H groups in total. The lowest BCUT2D eigenvalue weighted by atomic mass is 10.1. The summed E-state index contributed by atoms with van der Waals surface area (Å²) in [6, 6.07) is 6.25. The third-order valence-corrected chi connectivity index (χ3v) is 3.76. The first-order chi connectivity index (χ1) is 7.34. The lowest BCUT2D eigenvalue weighted by molar-refractivity contribution is 1.34. The highest BCUT2D eigenvalue weighted by Crippen LogP contribution is 2.30. The minimum absolute atomic E-state index is 1.02. The standard InChI is InChI=1S/C11H8N2S2/c1-7-13-11-8(9-5-14-6-12-9)3-2-4-10(11)15-7/h2-6H,1H3. The minimum atomic E-state index is 1.02. The number of rotatable bonds is 1. The van der Waals surface area contributed by atoms with Crippen LogP contribution in [0.2, 0.25) is 0 Å². The van der Waals surface area contributed by atoms with E-state index in [0.717, 1.165) is 21.8 Å². The molecule has 0 aliphatic rings. The maximum absolute atomic E-state index is 4.55. The van der Waals surface area contributed by atoms with Gasteiger partial charge in [0.05, 0.1) is 26.4 Å². The van der Waals surface area contributed by atoms with Crippen LogP contribution in [0.15, 0.2) is 29.1 Å². The van der Waals surface area contributed by atoms with E-state index in [-0.39, 0.29) is 0 Å². The zero-order valence-electron chi connectivity index (χ0n) is 8.10. The largest absolute Gasteiger partial charge is 0.245 e. The van der Waals surface area contributed by atoms with Gasteiger partial charge in [0.25, 0.3) is 0 Å². The number of hydrogen-bond donors (Lipinski definition) is 0. The molecule has 0 aliphatic carbocycles. The minimum Gasteiger partial charge on any atom is -0.245 e. The molecule has 1 aromatic carbocycles. The van der Waals surface area contributed by atoms with Crippen LogP contribution in [-0.2, 0) is 0 Å². The lowest BCUT2D eigenvalue weighted by Crippen LogP contribution is -1.79. The zero-order chi connectivity index (χ0) is 10.3. The van der Waals surface area contributed by atoms with Gasteiger partial charge in [-0.2, -0.15) is 0 Å². The molecule has 0 atom stereocenters. The highest BCUT2D eigenvalue weighted by Gasteiger charge is 2.08. The van der Waals surface area contributed by atoms with E-state index in [1.165, 1.54) is 4.70 Å². The summed E-state index contributed by atoms with van der Waals surface area (Å²) in [6.45, 7) is 2.04. The van der Waals surface area contributed by atoms with Crippen LogP contribution in [0.4, 0.5) is 0 Å². The molecule has 0 amide bonds. The molecule has 0 radical (unpaired) electrons. The number of aromatic nitrogens is 2. The number of hydrogen-bond acceptors (Lipinski definition) is 4. The lowest BCUT2D eigenvalue weighted by Gasteiger charge is -1.96. The molecule has 3 rings (SSSR count). The van der Waals surface area contributed by atoms with E-state index in [9.17, 15) is 0 Å². The van der Waals surface area contributed by atoms with E-state index in [4.69, 9.17) is 0 Å². The van der Waals surface area contributed by atoms with E-state index < -0.39 is 0 Å². The highest BCUT2D eigenvalue weighted by molar-refractivity contribution is 7.18. The molecule has 3 aromatic rings. The van der Waals surface area contributed by atoms with Crippen molar-refractivity contribution in [2.24, 2.45) is 0 Å². The predicted octanol–water partition coefficient (Wildman–Crippen LogP) is 3.73. The topological polar surface area (TPSA) is 25.8 Å². The van der Waals surface area contributed by atoms with Crippen molar-refractivity contribution in [1.82, 2.24) is 9.97 Å². The molecule has 0 saturated carbocycles. The Morgan fingerprint density at radius 1 is 1.27 bits per heavy atom. The summed E-state index contributed by atoms with van der Waals surface area (Å²) < 4.78 is 1.23. The third-order valence-electron chi connectivity index (χ3n) is 2.23. The van der Waals surface area contributed by atoms with E-state index >= 15 is 0 Å². The Morgan fingerprint density at radius 2 is 2.20 bits per heavy atom. The first-order valence-electron chi connectivity index (χ1n) is 4.59. The molecule has 4 heteroatoms. The van der Waals surface area contributed by atoms with Gasteiger partial charge in [0, 0.05) is 10.9 Å². The van der Waals surface area contributed by atoms with Crippen LogP contribution in [0.5, 0.6) is 0 Å². The average Bonchev–Trinajstić information content (AvgIpc) is 2.82. The van der Waals surface area contributed by atoms with Gasteiger partial charge in [-0.1, -0.05) is 12.1 Å². The van der Waals surface area contributed by atoms with E-state index in [0.29, 0.717) is 0 Å². The van der Waals surface area contributed by atoms with Gasteiger partial charge in [0.15, 0.2) is 0 Å². The Labute approximate surface area is 95.3 Å². The number of thiazole rings is 2. The molecule has 2 aromatic heterocycles. The molecule has 0 spiro atoms. The number of benzene rings is 1. The predicted molar refractivity (Wildman–Crippen MR) is 65.5 cm³/mol. The van der Waals surface area contributed by atoms with Gasteiger partial charge in [0.2, 0.25) is 0 Å². The van der Waals surface area contributed by atoms with E-state index in [1.807, 2.05) is 12.4 Å². The Kier molecular flexibility index (Phi) is 2.04. The van der Waals surface area contributed by atoms with Crippen molar-refractivity contribution in [2.45, 2.75) is 6.92 Å². The van der Waals surface area contributed by atoms with Crippen LogP contribution in [0.25, 0.3) is 21.5 Å². The number of nitrogens with zero attached hydrogens (tertiary/aromatic N) is 2. The molecule has 0 aliphatic heterocycles. The summed E-state index contributed by atoms with van der Waals surface area (Å²) in [5, 5.41) is 3.16. The van der Waals surface area contributed by atoms with Crippen molar-refractivity contribution in [1.29, 1.82) is 0 Å². The quantitative estimate of drug-likeness (QED) is 0.639. The van der Waals surface area contributed by atoms with Gasteiger partial charge in [-0.3, -0.25) is 0 Å². The first-order valence-corrected chi connectivity index (χ1v) is 6.35. The number of aryl methyl sites for hydroxylation is 1. The first kappa shape index (κ1) is 9.00. The second-order valence-electron chi connectivity index (χ2n) is 3.26. The van der Waals surface area contributed by atoms with Crippen LogP contribution in [0.1, 0.15) is 5.01 Å². The van der Waals surface area contributed by atoms with Crippen molar-refractivity contribution in [3.8, 4) is 11.3 Å². The fourth-order valence-corrected chi connectivity index (χ4v) is 3.02. The maximum Gasteiger partial charge on any atom is 0.0909 e. The van der Waals surface area contributed by atoms with Crippen LogP contribution in [0.3, 0.4) is 0 Å². The molecule has 2 heterocycles. The second kappa shape index (κ2) is 3.40. The molecule has 0 unspecified atom stereocenters. The van der Waals surface area contributed by atoms with Gasteiger partial charge in [-0.15, -0.1) is 22.7 Å². The number of fused-ring (bicyclic) bond motifs is 1. The molecular weight excluding hydrogens is 224 g/mol. The summed E-state index contributed by atoms with van der Waals surface area (Å²) >= 11 is 3.34. The van der Waals surface area contributed by atoms with Gasteiger partial charge in [-0.25, -0.2) is 9.97 Å². The normalized spacial score (nSPS) is 11.0. The summed E-state index contributed by atoms with van der Waals surface area (Å²) in [5.41, 5.74) is 5.09. The second-order valence-corrected chi connectivity index (χ2v) is 5.21.